The Morgan fingerprint density at radius 3 is 2.60 bits per heavy atom. The highest BCUT2D eigenvalue weighted by Crippen LogP contribution is 2.22. The van der Waals surface area contributed by atoms with E-state index in [1.165, 1.54) is 0 Å². The summed E-state index contributed by atoms with van der Waals surface area (Å²) in [6.45, 7) is 5.77. The standard InChI is InChI=1S/C13H22N4O2S/c1-16(10-11-17-8-6-15-7-9-17)12-4-2-3-5-13(12)20(14,18)19/h2-5,15H,6-11H2,1H3,(H2,14,18,19). The molecule has 0 aromatic heterocycles. The molecule has 0 radical (unpaired) electrons. The zero-order chi connectivity index (χ0) is 14.6. The molecule has 0 spiro atoms. The Kier molecular flexibility index (Phi) is 4.98. The predicted octanol–water partition coefficient (Wildman–Crippen LogP) is -0.325. The van der Waals surface area contributed by atoms with Gasteiger partial charge >= 0.3 is 0 Å². The van der Waals surface area contributed by atoms with Gasteiger partial charge in [-0.2, -0.15) is 0 Å². The number of primary sulfonamides is 1. The van der Waals surface area contributed by atoms with Crippen LogP contribution < -0.4 is 15.4 Å². The Morgan fingerprint density at radius 1 is 1.30 bits per heavy atom. The average molecular weight is 298 g/mol. The molecule has 1 aromatic rings. The first-order valence-corrected chi connectivity index (χ1v) is 8.29. The van der Waals surface area contributed by atoms with Crippen LogP contribution in [0.4, 0.5) is 5.69 Å². The molecule has 0 amide bonds. The highest BCUT2D eigenvalue weighted by atomic mass is 32.2. The molecule has 1 aliphatic heterocycles. The maximum Gasteiger partial charge on any atom is 0.240 e. The Morgan fingerprint density at radius 2 is 1.95 bits per heavy atom. The molecule has 20 heavy (non-hydrogen) atoms. The molecular weight excluding hydrogens is 276 g/mol. The number of anilines is 1. The van der Waals surface area contributed by atoms with Crippen molar-refractivity contribution >= 4 is 15.7 Å². The molecule has 112 valence electrons. The van der Waals surface area contributed by atoms with E-state index < -0.39 is 10.0 Å². The van der Waals surface area contributed by atoms with Crippen LogP contribution in [0.25, 0.3) is 0 Å². The number of hydrogen-bond acceptors (Lipinski definition) is 5. The number of benzene rings is 1. The SMILES string of the molecule is CN(CCN1CCNCC1)c1ccccc1S(N)(=O)=O. The van der Waals surface area contributed by atoms with E-state index in [9.17, 15) is 8.42 Å². The second kappa shape index (κ2) is 6.53. The van der Waals surface area contributed by atoms with Gasteiger partial charge in [-0.25, -0.2) is 13.6 Å². The minimum absolute atomic E-state index is 0.183. The van der Waals surface area contributed by atoms with Gasteiger partial charge in [-0.15, -0.1) is 0 Å². The van der Waals surface area contributed by atoms with Crippen LogP contribution in [0.15, 0.2) is 29.2 Å². The molecule has 2 rings (SSSR count). The molecule has 1 saturated heterocycles. The maximum atomic E-state index is 11.6. The third-order valence-corrected chi connectivity index (χ3v) is 4.50. The summed E-state index contributed by atoms with van der Waals surface area (Å²) < 4.78 is 23.2. The fourth-order valence-corrected chi connectivity index (χ4v) is 3.14. The minimum Gasteiger partial charge on any atom is -0.372 e. The van der Waals surface area contributed by atoms with Gasteiger partial charge in [-0.1, -0.05) is 12.1 Å². The number of hydrogen-bond donors (Lipinski definition) is 2. The lowest BCUT2D eigenvalue weighted by molar-refractivity contribution is 0.246. The second-order valence-corrected chi connectivity index (χ2v) is 6.56. The molecule has 1 fully saturated rings. The second-order valence-electron chi connectivity index (χ2n) is 5.03. The van der Waals surface area contributed by atoms with E-state index in [2.05, 4.69) is 10.2 Å². The van der Waals surface area contributed by atoms with Gasteiger partial charge in [0.2, 0.25) is 10.0 Å². The Hall–Kier alpha value is -1.15. The highest BCUT2D eigenvalue weighted by molar-refractivity contribution is 7.89. The molecule has 1 heterocycles. The van der Waals surface area contributed by atoms with Crippen molar-refractivity contribution in [3.05, 3.63) is 24.3 Å². The molecule has 1 aliphatic rings. The number of nitrogens with zero attached hydrogens (tertiary/aromatic N) is 2. The Labute approximate surface area is 120 Å². The molecule has 0 bridgehead atoms. The van der Waals surface area contributed by atoms with Crippen molar-refractivity contribution in [2.75, 3.05) is 51.2 Å². The monoisotopic (exact) mass is 298 g/mol. The van der Waals surface area contributed by atoms with Gasteiger partial charge in [0.25, 0.3) is 0 Å². The van der Waals surface area contributed by atoms with E-state index in [-0.39, 0.29) is 4.90 Å². The topological polar surface area (TPSA) is 78.7 Å². The summed E-state index contributed by atoms with van der Waals surface area (Å²) in [7, 11) is -1.79. The summed E-state index contributed by atoms with van der Waals surface area (Å²) in [4.78, 5) is 4.50. The molecule has 6 nitrogen and oxygen atoms in total. The van der Waals surface area contributed by atoms with Crippen LogP contribution in [0.2, 0.25) is 0 Å². The van der Waals surface area contributed by atoms with E-state index >= 15 is 0 Å². The summed E-state index contributed by atoms with van der Waals surface area (Å²) in [5.74, 6) is 0. The Balaban J connectivity index is 2.03. The smallest absolute Gasteiger partial charge is 0.240 e. The number of sulfonamides is 1. The lowest BCUT2D eigenvalue weighted by Gasteiger charge is -2.30. The van der Waals surface area contributed by atoms with Crippen LogP contribution in [-0.4, -0.2) is 59.6 Å². The zero-order valence-electron chi connectivity index (χ0n) is 11.7. The average Bonchev–Trinajstić information content (AvgIpc) is 2.45. The highest BCUT2D eigenvalue weighted by Gasteiger charge is 2.17. The number of para-hydroxylation sites is 1. The third kappa shape index (κ3) is 3.92. The summed E-state index contributed by atoms with van der Waals surface area (Å²) >= 11 is 0. The summed E-state index contributed by atoms with van der Waals surface area (Å²) in [5, 5.41) is 8.57. The van der Waals surface area contributed by atoms with Gasteiger partial charge in [0.1, 0.15) is 4.90 Å². The van der Waals surface area contributed by atoms with E-state index in [0.29, 0.717) is 5.69 Å². The van der Waals surface area contributed by atoms with Crippen molar-refractivity contribution in [1.29, 1.82) is 0 Å². The van der Waals surface area contributed by atoms with Crippen molar-refractivity contribution < 1.29 is 8.42 Å². The summed E-state index contributed by atoms with van der Waals surface area (Å²) in [6.07, 6.45) is 0. The van der Waals surface area contributed by atoms with Crippen molar-refractivity contribution in [3.8, 4) is 0 Å². The van der Waals surface area contributed by atoms with Gasteiger partial charge in [0.15, 0.2) is 0 Å². The number of nitrogens with two attached hydrogens (primary N) is 1. The van der Waals surface area contributed by atoms with Gasteiger partial charge in [0, 0.05) is 46.3 Å². The number of nitrogens with one attached hydrogen (secondary N) is 1. The van der Waals surface area contributed by atoms with E-state index in [1.54, 1.807) is 18.2 Å². The normalized spacial score (nSPS) is 17.1. The molecule has 0 saturated carbocycles. The van der Waals surface area contributed by atoms with E-state index in [0.717, 1.165) is 39.3 Å². The minimum atomic E-state index is -3.69. The first kappa shape index (κ1) is 15.2. The molecule has 3 N–H and O–H groups in total. The van der Waals surface area contributed by atoms with Crippen molar-refractivity contribution in [3.63, 3.8) is 0 Å². The molecule has 0 unspecified atom stereocenters. The van der Waals surface area contributed by atoms with Crippen molar-refractivity contribution in [2.45, 2.75) is 4.90 Å². The van der Waals surface area contributed by atoms with Gasteiger partial charge < -0.3 is 10.2 Å². The van der Waals surface area contributed by atoms with Crippen molar-refractivity contribution in [1.82, 2.24) is 10.2 Å². The van der Waals surface area contributed by atoms with E-state index in [1.807, 2.05) is 18.0 Å². The molecule has 0 atom stereocenters. The number of rotatable bonds is 5. The van der Waals surface area contributed by atoms with Gasteiger partial charge in [0.05, 0.1) is 5.69 Å². The first-order valence-electron chi connectivity index (χ1n) is 6.74. The Bertz CT molecular complexity index is 541. The van der Waals surface area contributed by atoms with Crippen LogP contribution in [0.5, 0.6) is 0 Å². The van der Waals surface area contributed by atoms with Crippen LogP contribution >= 0.6 is 0 Å². The van der Waals surface area contributed by atoms with Crippen LogP contribution in [0.1, 0.15) is 0 Å². The van der Waals surface area contributed by atoms with Crippen molar-refractivity contribution in [2.24, 2.45) is 5.14 Å². The maximum absolute atomic E-state index is 11.6. The van der Waals surface area contributed by atoms with Crippen LogP contribution in [-0.2, 0) is 10.0 Å². The quantitative estimate of drug-likeness (QED) is 0.778. The van der Waals surface area contributed by atoms with Crippen LogP contribution in [0, 0.1) is 0 Å². The summed E-state index contributed by atoms with van der Waals surface area (Å²) in [5.41, 5.74) is 0.658. The molecule has 1 aromatic carbocycles. The summed E-state index contributed by atoms with van der Waals surface area (Å²) in [6, 6.07) is 6.85. The largest absolute Gasteiger partial charge is 0.372 e. The van der Waals surface area contributed by atoms with Gasteiger partial charge in [-0.3, -0.25) is 4.90 Å². The number of piperazine rings is 1. The van der Waals surface area contributed by atoms with Crippen LogP contribution in [0.3, 0.4) is 0 Å². The van der Waals surface area contributed by atoms with Gasteiger partial charge in [-0.05, 0) is 12.1 Å². The predicted molar refractivity (Wildman–Crippen MR) is 80.4 cm³/mol. The molecule has 7 heteroatoms. The fourth-order valence-electron chi connectivity index (χ4n) is 2.36. The third-order valence-electron chi connectivity index (χ3n) is 3.54. The molecular formula is C13H22N4O2S. The molecule has 0 aliphatic carbocycles. The zero-order valence-corrected chi connectivity index (χ0v) is 12.6. The lowest BCUT2D eigenvalue weighted by atomic mass is 10.3. The van der Waals surface area contributed by atoms with E-state index in [4.69, 9.17) is 5.14 Å². The fraction of sp³-hybridized carbons (Fsp3) is 0.538. The number of likely N-dealkylation sites (N-methyl/N-ethyl adjacent to an activating group) is 1. The first-order chi connectivity index (χ1) is 9.48. The lowest BCUT2D eigenvalue weighted by Crippen LogP contribution is -2.46.